The lowest BCUT2D eigenvalue weighted by Gasteiger charge is -2.26. The van der Waals surface area contributed by atoms with Crippen molar-refractivity contribution in [1.29, 1.82) is 0 Å². The fourth-order valence-corrected chi connectivity index (χ4v) is 3.51. The van der Waals surface area contributed by atoms with E-state index in [9.17, 15) is 13.2 Å². The largest absolute Gasteiger partial charge is 0.573 e. The first-order valence-electron chi connectivity index (χ1n) is 9.91. The van der Waals surface area contributed by atoms with Gasteiger partial charge in [0, 0.05) is 32.4 Å². The monoisotopic (exact) mass is 433 g/mol. The molecule has 0 unspecified atom stereocenters. The fourth-order valence-electron chi connectivity index (χ4n) is 3.51. The maximum atomic E-state index is 12.6. The van der Waals surface area contributed by atoms with Crippen LogP contribution in [0.25, 0.3) is 22.6 Å². The van der Waals surface area contributed by atoms with Gasteiger partial charge in [-0.3, -0.25) is 9.88 Å². The van der Waals surface area contributed by atoms with Crippen molar-refractivity contribution in [2.75, 3.05) is 32.8 Å². The van der Waals surface area contributed by atoms with Gasteiger partial charge in [-0.05, 0) is 42.3 Å². The summed E-state index contributed by atoms with van der Waals surface area (Å²) in [6.07, 6.45) is -3.13. The third kappa shape index (κ3) is 5.39. The minimum absolute atomic E-state index is 0.270. The van der Waals surface area contributed by atoms with Gasteiger partial charge >= 0.3 is 6.36 Å². The minimum atomic E-state index is -4.74. The standard InChI is InChI=1S/C21H22F3N5O2/c1-15-26-27-20(29(15)8-7-28-9-11-30-12-10-28)19-14-17(5-6-25-19)16-3-2-4-18(13-16)31-21(22,23)24/h2-6,13-14H,7-12H2,1H3. The van der Waals surface area contributed by atoms with Gasteiger partial charge in [0.25, 0.3) is 0 Å². The first-order chi connectivity index (χ1) is 14.9. The maximum Gasteiger partial charge on any atom is 0.573 e. The van der Waals surface area contributed by atoms with Crippen LogP contribution in [0.5, 0.6) is 5.75 Å². The summed E-state index contributed by atoms with van der Waals surface area (Å²) in [6.45, 7) is 6.67. The van der Waals surface area contributed by atoms with Gasteiger partial charge in [0.2, 0.25) is 0 Å². The quantitative estimate of drug-likeness (QED) is 0.593. The van der Waals surface area contributed by atoms with Crippen LogP contribution in [0.4, 0.5) is 13.2 Å². The van der Waals surface area contributed by atoms with Gasteiger partial charge in [0.05, 0.1) is 13.2 Å². The van der Waals surface area contributed by atoms with Crippen LogP contribution in [0.3, 0.4) is 0 Å². The van der Waals surface area contributed by atoms with E-state index >= 15 is 0 Å². The summed E-state index contributed by atoms with van der Waals surface area (Å²) in [5, 5.41) is 8.48. The Morgan fingerprint density at radius 3 is 2.58 bits per heavy atom. The summed E-state index contributed by atoms with van der Waals surface area (Å²) in [6, 6.07) is 9.38. The molecular formula is C21H22F3N5O2. The molecule has 10 heteroatoms. The van der Waals surface area contributed by atoms with E-state index in [-0.39, 0.29) is 5.75 Å². The van der Waals surface area contributed by atoms with Crippen molar-refractivity contribution in [2.24, 2.45) is 0 Å². The average molecular weight is 433 g/mol. The number of halogens is 3. The van der Waals surface area contributed by atoms with Crippen molar-refractivity contribution in [3.05, 3.63) is 48.4 Å². The van der Waals surface area contributed by atoms with Crippen molar-refractivity contribution in [1.82, 2.24) is 24.6 Å². The molecule has 0 amide bonds. The van der Waals surface area contributed by atoms with Crippen LogP contribution in [0, 0.1) is 6.92 Å². The number of aromatic nitrogens is 4. The van der Waals surface area contributed by atoms with Gasteiger partial charge in [-0.2, -0.15) is 0 Å². The molecule has 0 N–H and O–H groups in total. The summed E-state index contributed by atoms with van der Waals surface area (Å²) in [5.41, 5.74) is 1.89. The number of hydrogen-bond acceptors (Lipinski definition) is 6. The maximum absolute atomic E-state index is 12.6. The Kier molecular flexibility index (Phi) is 6.19. The summed E-state index contributed by atoms with van der Waals surface area (Å²) in [5.74, 6) is 1.12. The normalized spacial score (nSPS) is 15.2. The fraction of sp³-hybridized carbons (Fsp3) is 0.381. The lowest BCUT2D eigenvalue weighted by Crippen LogP contribution is -2.38. The first kappa shape index (κ1) is 21.3. The SMILES string of the molecule is Cc1nnc(-c2cc(-c3cccc(OC(F)(F)F)c3)ccn2)n1CCN1CCOCC1. The van der Waals surface area contributed by atoms with Gasteiger partial charge in [-0.25, -0.2) is 0 Å². The molecular weight excluding hydrogens is 411 g/mol. The molecule has 1 aromatic carbocycles. The van der Waals surface area contributed by atoms with Crippen molar-refractivity contribution >= 4 is 0 Å². The minimum Gasteiger partial charge on any atom is -0.406 e. The highest BCUT2D eigenvalue weighted by molar-refractivity contribution is 5.69. The van der Waals surface area contributed by atoms with E-state index in [4.69, 9.17) is 4.74 Å². The van der Waals surface area contributed by atoms with E-state index in [0.29, 0.717) is 29.2 Å². The summed E-state index contributed by atoms with van der Waals surface area (Å²) in [7, 11) is 0. The van der Waals surface area contributed by atoms with Gasteiger partial charge in [0.1, 0.15) is 17.3 Å². The number of benzene rings is 1. The Morgan fingerprint density at radius 1 is 1.03 bits per heavy atom. The van der Waals surface area contributed by atoms with Crippen LogP contribution in [-0.2, 0) is 11.3 Å². The smallest absolute Gasteiger partial charge is 0.406 e. The number of aryl methyl sites for hydroxylation is 1. The summed E-state index contributed by atoms with van der Waals surface area (Å²) < 4.78 is 49.1. The number of ether oxygens (including phenoxy) is 2. The predicted molar refractivity (Wildman–Crippen MR) is 107 cm³/mol. The van der Waals surface area contributed by atoms with E-state index in [2.05, 4.69) is 24.8 Å². The van der Waals surface area contributed by atoms with Crippen LogP contribution in [-0.4, -0.2) is 63.9 Å². The molecule has 164 valence electrons. The molecule has 31 heavy (non-hydrogen) atoms. The third-order valence-corrected chi connectivity index (χ3v) is 5.07. The van der Waals surface area contributed by atoms with Crippen LogP contribution in [0.2, 0.25) is 0 Å². The second kappa shape index (κ2) is 9.03. The van der Waals surface area contributed by atoms with Gasteiger partial charge < -0.3 is 14.0 Å². The van der Waals surface area contributed by atoms with E-state index in [1.54, 1.807) is 24.4 Å². The molecule has 0 radical (unpaired) electrons. The lowest BCUT2D eigenvalue weighted by molar-refractivity contribution is -0.274. The molecule has 0 bridgehead atoms. The molecule has 1 aliphatic rings. The average Bonchev–Trinajstić information content (AvgIpc) is 3.12. The molecule has 0 saturated carbocycles. The zero-order chi connectivity index (χ0) is 21.8. The molecule has 0 atom stereocenters. The molecule has 2 aromatic heterocycles. The third-order valence-electron chi connectivity index (χ3n) is 5.07. The molecule has 1 fully saturated rings. The van der Waals surface area contributed by atoms with Gasteiger partial charge in [0.15, 0.2) is 5.82 Å². The highest BCUT2D eigenvalue weighted by Gasteiger charge is 2.31. The molecule has 0 aliphatic carbocycles. The van der Waals surface area contributed by atoms with Crippen molar-refractivity contribution in [2.45, 2.75) is 19.8 Å². The molecule has 3 aromatic rings. The second-order valence-electron chi connectivity index (χ2n) is 7.18. The van der Waals surface area contributed by atoms with E-state index < -0.39 is 6.36 Å². The Bertz CT molecular complexity index is 1030. The van der Waals surface area contributed by atoms with E-state index in [0.717, 1.165) is 38.7 Å². The zero-order valence-corrected chi connectivity index (χ0v) is 17.0. The van der Waals surface area contributed by atoms with Crippen molar-refractivity contribution in [3.8, 4) is 28.4 Å². The highest BCUT2D eigenvalue weighted by Crippen LogP contribution is 2.29. The Balaban J connectivity index is 1.57. The number of alkyl halides is 3. The Hall–Kier alpha value is -2.98. The topological polar surface area (TPSA) is 65.3 Å². The Morgan fingerprint density at radius 2 is 1.81 bits per heavy atom. The number of pyridine rings is 1. The van der Waals surface area contributed by atoms with Gasteiger partial charge in [-0.15, -0.1) is 23.4 Å². The van der Waals surface area contributed by atoms with Crippen LogP contribution in [0.15, 0.2) is 42.6 Å². The van der Waals surface area contributed by atoms with Crippen LogP contribution < -0.4 is 4.74 Å². The number of rotatable bonds is 6. The first-order valence-corrected chi connectivity index (χ1v) is 9.91. The van der Waals surface area contributed by atoms with Crippen LogP contribution in [0.1, 0.15) is 5.82 Å². The van der Waals surface area contributed by atoms with E-state index in [1.807, 2.05) is 11.5 Å². The number of morpholine rings is 1. The predicted octanol–water partition coefficient (Wildman–Crippen LogP) is 3.55. The van der Waals surface area contributed by atoms with E-state index in [1.165, 1.54) is 18.2 Å². The second-order valence-corrected chi connectivity index (χ2v) is 7.18. The van der Waals surface area contributed by atoms with Crippen LogP contribution >= 0.6 is 0 Å². The lowest BCUT2D eigenvalue weighted by atomic mass is 10.1. The van der Waals surface area contributed by atoms with Crippen molar-refractivity contribution < 1.29 is 22.6 Å². The number of nitrogens with zero attached hydrogens (tertiary/aromatic N) is 5. The molecule has 1 aliphatic heterocycles. The summed E-state index contributed by atoms with van der Waals surface area (Å²) >= 11 is 0. The molecule has 0 spiro atoms. The summed E-state index contributed by atoms with van der Waals surface area (Å²) in [4.78, 5) is 6.74. The van der Waals surface area contributed by atoms with Crippen molar-refractivity contribution in [3.63, 3.8) is 0 Å². The molecule has 1 saturated heterocycles. The molecule has 7 nitrogen and oxygen atoms in total. The zero-order valence-electron chi connectivity index (χ0n) is 17.0. The Labute approximate surface area is 177 Å². The molecule has 4 rings (SSSR count). The number of hydrogen-bond donors (Lipinski definition) is 0. The molecule has 3 heterocycles. The van der Waals surface area contributed by atoms with Gasteiger partial charge in [-0.1, -0.05) is 12.1 Å². The highest BCUT2D eigenvalue weighted by atomic mass is 19.4.